The Morgan fingerprint density at radius 3 is 1.50 bits per heavy atom. The largest absolute Gasteiger partial charge is 0.478 e. The minimum absolute atomic E-state index is 0.0959. The van der Waals surface area contributed by atoms with E-state index in [2.05, 4.69) is 30.4 Å². The zero-order valence-electron chi connectivity index (χ0n) is 16.5. The number of H-pyrrole nitrogens is 4. The van der Waals surface area contributed by atoms with Gasteiger partial charge in [0.1, 0.15) is 28.8 Å². The lowest BCUT2D eigenvalue weighted by atomic mass is 10.1. The van der Waals surface area contributed by atoms with Gasteiger partial charge in [-0.2, -0.15) is 19.9 Å². The van der Waals surface area contributed by atoms with Gasteiger partial charge in [-0.05, 0) is 12.8 Å². The summed E-state index contributed by atoms with van der Waals surface area (Å²) in [5.74, 6) is 0.757. The van der Waals surface area contributed by atoms with Crippen molar-refractivity contribution in [2.24, 2.45) is 0 Å². The van der Waals surface area contributed by atoms with Gasteiger partial charge in [-0.3, -0.25) is 9.97 Å². The van der Waals surface area contributed by atoms with E-state index in [0.29, 0.717) is 37.3 Å². The van der Waals surface area contributed by atoms with Crippen LogP contribution < -0.4 is 11.4 Å². The van der Waals surface area contributed by atoms with Gasteiger partial charge in [0.05, 0.1) is 0 Å². The molecule has 2 aromatic rings. The Labute approximate surface area is 169 Å². The molecule has 0 radical (unpaired) electrons. The standard InChI is InChI=1S/C16H23N7O7/c1-27-9-3-7(13-17-15(24)21-19-13)5-11(9)29-23(26)30-12-6-8(4-10(12)28-2)14-18-16(25)22-20-14/h7-12H,3-6H2,1-2H3,(H3-,17,18,19,20,21,22,24,25)/p+1/t7-,8-,9+,10+,11-,12-/m0/s1. The van der Waals surface area contributed by atoms with Gasteiger partial charge in [0.2, 0.25) is 12.2 Å². The maximum atomic E-state index is 12.4. The quantitative estimate of drug-likeness (QED) is 0.400. The van der Waals surface area contributed by atoms with Crippen LogP contribution in [0.1, 0.15) is 49.2 Å². The van der Waals surface area contributed by atoms with E-state index < -0.39 is 23.6 Å². The third-order valence-corrected chi connectivity index (χ3v) is 5.76. The number of ether oxygens (including phenoxy) is 2. The summed E-state index contributed by atoms with van der Waals surface area (Å²) in [4.78, 5) is 51.1. The van der Waals surface area contributed by atoms with Gasteiger partial charge in [-0.25, -0.2) is 19.8 Å². The molecule has 2 saturated carbocycles. The zero-order valence-corrected chi connectivity index (χ0v) is 16.5. The molecule has 2 heterocycles. The first-order chi connectivity index (χ1) is 14.5. The van der Waals surface area contributed by atoms with E-state index in [-0.39, 0.29) is 29.1 Å². The van der Waals surface area contributed by atoms with Gasteiger partial charge in [0.15, 0.2) is 0 Å². The van der Waals surface area contributed by atoms with Crippen molar-refractivity contribution in [2.45, 2.75) is 61.9 Å². The van der Waals surface area contributed by atoms with Crippen LogP contribution in [0.15, 0.2) is 9.59 Å². The topological polar surface area (TPSA) is 180 Å². The molecule has 0 aliphatic heterocycles. The highest BCUT2D eigenvalue weighted by molar-refractivity contribution is 5.03. The molecule has 30 heavy (non-hydrogen) atoms. The molecule has 6 atom stereocenters. The first-order valence-corrected chi connectivity index (χ1v) is 9.62. The highest BCUT2D eigenvalue weighted by atomic mass is 17.0. The van der Waals surface area contributed by atoms with Gasteiger partial charge in [0, 0.05) is 38.9 Å². The van der Waals surface area contributed by atoms with Gasteiger partial charge in [-0.1, -0.05) is 0 Å². The third kappa shape index (κ3) is 4.14. The summed E-state index contributed by atoms with van der Waals surface area (Å²) in [6.07, 6.45) is 0.0617. The molecule has 2 fully saturated rings. The van der Waals surface area contributed by atoms with E-state index >= 15 is 0 Å². The van der Waals surface area contributed by atoms with E-state index in [1.165, 1.54) is 14.2 Å². The Bertz CT molecular complexity index is 904. The van der Waals surface area contributed by atoms with Gasteiger partial charge in [-0.15, -0.1) is 0 Å². The Kier molecular flexibility index (Phi) is 5.67. The summed E-state index contributed by atoms with van der Waals surface area (Å²) in [6, 6.07) is 0. The van der Waals surface area contributed by atoms with Crippen molar-refractivity contribution in [3.05, 3.63) is 37.5 Å². The zero-order chi connectivity index (χ0) is 21.3. The highest BCUT2D eigenvalue weighted by Crippen LogP contribution is 2.38. The van der Waals surface area contributed by atoms with Crippen LogP contribution in [0.5, 0.6) is 0 Å². The number of hydrogen-bond acceptors (Lipinski definition) is 9. The minimum Gasteiger partial charge on any atom is -0.377 e. The average Bonchev–Trinajstić information content (AvgIpc) is 3.48. The molecule has 0 unspecified atom stereocenters. The average molecular weight is 426 g/mol. The van der Waals surface area contributed by atoms with E-state index in [1.54, 1.807) is 0 Å². The molecule has 0 aromatic carbocycles. The summed E-state index contributed by atoms with van der Waals surface area (Å²) in [6.45, 7) is 0. The molecule has 0 amide bonds. The van der Waals surface area contributed by atoms with Crippen molar-refractivity contribution < 1.29 is 24.2 Å². The Morgan fingerprint density at radius 2 is 1.17 bits per heavy atom. The molecule has 14 nitrogen and oxygen atoms in total. The van der Waals surface area contributed by atoms with Crippen LogP contribution in [0.2, 0.25) is 0 Å². The molecule has 2 aliphatic rings. The summed E-state index contributed by atoms with van der Waals surface area (Å²) < 4.78 is 10.9. The molecule has 2 aromatic heterocycles. The van der Waals surface area contributed by atoms with Crippen LogP contribution in [-0.4, -0.2) is 74.1 Å². The van der Waals surface area contributed by atoms with Crippen LogP contribution >= 0.6 is 0 Å². The lowest BCUT2D eigenvalue weighted by Gasteiger charge is -2.14. The smallest absolute Gasteiger partial charge is 0.377 e. The Hall–Kier alpha value is -3.00. The molecule has 0 bridgehead atoms. The molecule has 0 spiro atoms. The molecule has 0 saturated heterocycles. The summed E-state index contributed by atoms with van der Waals surface area (Å²) in [5.41, 5.74) is -0.784. The Balaban J connectivity index is 1.36. The summed E-state index contributed by atoms with van der Waals surface area (Å²) in [7, 11) is 3.06. The van der Waals surface area contributed by atoms with Crippen molar-refractivity contribution >= 4 is 0 Å². The SMILES string of the molecule is CO[C@@H]1C[C@H](c2n[nH]c(=O)[nH]2)C[C@@H]1O[N+](=O)O[C@H]1C[C@@H](c2n[nH]c(=O)[nH]2)C[C@H]1OC. The number of aromatic amines is 4. The second-order valence-electron chi connectivity index (χ2n) is 7.52. The Morgan fingerprint density at radius 1 is 0.767 bits per heavy atom. The van der Waals surface area contributed by atoms with Crippen LogP contribution in [0.4, 0.5) is 0 Å². The second-order valence-corrected chi connectivity index (χ2v) is 7.52. The van der Waals surface area contributed by atoms with Crippen LogP contribution in [-0.2, 0) is 19.1 Å². The van der Waals surface area contributed by atoms with Gasteiger partial charge >= 0.3 is 16.5 Å². The van der Waals surface area contributed by atoms with Crippen LogP contribution in [0, 0.1) is 4.91 Å². The molecular formula is C16H24N7O7+. The predicted molar refractivity (Wildman–Crippen MR) is 97.3 cm³/mol. The van der Waals surface area contributed by atoms with Crippen molar-refractivity contribution in [1.82, 2.24) is 30.4 Å². The lowest BCUT2D eigenvalue weighted by Crippen LogP contribution is -2.34. The first kappa shape index (κ1) is 20.3. The summed E-state index contributed by atoms with van der Waals surface area (Å²) >= 11 is 0. The molecule has 2 aliphatic carbocycles. The predicted octanol–water partition coefficient (Wildman–Crippen LogP) is -0.626. The number of nitrogens with one attached hydrogen (secondary N) is 4. The van der Waals surface area contributed by atoms with Gasteiger partial charge < -0.3 is 9.47 Å². The molecule has 164 valence electrons. The van der Waals surface area contributed by atoms with Crippen molar-refractivity contribution in [3.63, 3.8) is 0 Å². The third-order valence-electron chi connectivity index (χ3n) is 5.76. The molecule has 4 rings (SSSR count). The van der Waals surface area contributed by atoms with Crippen LogP contribution in [0.3, 0.4) is 0 Å². The van der Waals surface area contributed by atoms with E-state index in [9.17, 15) is 14.5 Å². The van der Waals surface area contributed by atoms with E-state index in [0.717, 1.165) is 0 Å². The fraction of sp³-hybridized carbons (Fsp3) is 0.750. The normalized spacial score (nSPS) is 31.1. The number of aromatic nitrogens is 6. The van der Waals surface area contributed by atoms with E-state index in [4.69, 9.17) is 19.1 Å². The lowest BCUT2D eigenvalue weighted by molar-refractivity contribution is -0.993. The number of hydrogen-bond donors (Lipinski definition) is 4. The monoisotopic (exact) mass is 426 g/mol. The van der Waals surface area contributed by atoms with Crippen LogP contribution in [0.25, 0.3) is 0 Å². The van der Waals surface area contributed by atoms with E-state index in [1.807, 2.05) is 0 Å². The number of methoxy groups -OCH3 is 2. The fourth-order valence-corrected chi connectivity index (χ4v) is 4.28. The molecule has 14 heteroatoms. The van der Waals surface area contributed by atoms with Crippen molar-refractivity contribution in [1.29, 1.82) is 0 Å². The van der Waals surface area contributed by atoms with Crippen molar-refractivity contribution in [2.75, 3.05) is 14.2 Å². The first-order valence-electron chi connectivity index (χ1n) is 9.62. The summed E-state index contributed by atoms with van der Waals surface area (Å²) in [5, 5.41) is 12.6. The van der Waals surface area contributed by atoms with Gasteiger partial charge in [0.25, 0.3) is 0 Å². The number of rotatable bonds is 8. The minimum atomic E-state index is -0.571. The maximum absolute atomic E-state index is 12.4. The highest BCUT2D eigenvalue weighted by Gasteiger charge is 2.46. The number of nitrogens with zero attached hydrogens (tertiary/aromatic N) is 3. The molecular weight excluding hydrogens is 402 g/mol. The maximum Gasteiger partial charge on any atom is 0.478 e. The fourth-order valence-electron chi connectivity index (χ4n) is 4.28. The van der Waals surface area contributed by atoms with Crippen molar-refractivity contribution in [3.8, 4) is 0 Å². The molecule has 4 N–H and O–H groups in total. The second kappa shape index (κ2) is 8.39.